The van der Waals surface area contributed by atoms with Gasteiger partial charge in [-0.05, 0) is 72.7 Å². The molecule has 4 rings (SSSR count). The largest absolute Gasteiger partial charge is 0.494 e. The summed E-state index contributed by atoms with van der Waals surface area (Å²) in [6.45, 7) is 2.61. The molecule has 1 heterocycles. The molecule has 0 unspecified atom stereocenters. The molecule has 0 aromatic heterocycles. The number of nitrogens with one attached hydrogen (secondary N) is 1. The Hall–Kier alpha value is -4.30. The Morgan fingerprint density at radius 3 is 2.42 bits per heavy atom. The molecule has 4 amide bonds. The minimum atomic E-state index is -0.825. The van der Waals surface area contributed by atoms with Gasteiger partial charge in [-0.1, -0.05) is 29.8 Å². The molecule has 0 spiro atoms. The smallest absolute Gasteiger partial charge is 0.335 e. The normalized spacial score (nSPS) is 14.6. The van der Waals surface area contributed by atoms with E-state index in [0.29, 0.717) is 40.1 Å². The minimum Gasteiger partial charge on any atom is -0.494 e. The van der Waals surface area contributed by atoms with E-state index >= 15 is 0 Å². The lowest BCUT2D eigenvalue weighted by Crippen LogP contribution is -2.54. The van der Waals surface area contributed by atoms with E-state index in [4.69, 9.17) is 25.8 Å². The molecule has 0 saturated carbocycles. The van der Waals surface area contributed by atoms with Crippen molar-refractivity contribution in [2.75, 3.05) is 18.6 Å². The minimum absolute atomic E-state index is 0.196. The SMILES string of the molecule is CCOc1ccc(N2C(=O)NC(=O)/C(=C\c3ccc(OCc4cccc(Cl)c4)c(OC)c3)C2=O)cc1. The van der Waals surface area contributed by atoms with Gasteiger partial charge in [-0.15, -0.1) is 0 Å². The highest BCUT2D eigenvalue weighted by Crippen LogP contribution is 2.31. The van der Waals surface area contributed by atoms with Crippen LogP contribution in [0.1, 0.15) is 18.1 Å². The molecule has 36 heavy (non-hydrogen) atoms. The van der Waals surface area contributed by atoms with E-state index in [1.54, 1.807) is 54.6 Å². The van der Waals surface area contributed by atoms with Gasteiger partial charge in [0.05, 0.1) is 19.4 Å². The Balaban J connectivity index is 1.57. The van der Waals surface area contributed by atoms with Crippen LogP contribution in [-0.2, 0) is 16.2 Å². The van der Waals surface area contributed by atoms with Crippen LogP contribution in [0.4, 0.5) is 10.5 Å². The highest BCUT2D eigenvalue weighted by molar-refractivity contribution is 6.39. The number of halogens is 1. The first kappa shape index (κ1) is 24.8. The van der Waals surface area contributed by atoms with E-state index in [9.17, 15) is 14.4 Å². The molecule has 0 atom stereocenters. The van der Waals surface area contributed by atoms with Crippen LogP contribution >= 0.6 is 11.6 Å². The van der Waals surface area contributed by atoms with Crippen LogP contribution < -0.4 is 24.4 Å². The maximum Gasteiger partial charge on any atom is 0.335 e. The summed E-state index contributed by atoms with van der Waals surface area (Å²) in [5.74, 6) is -0.0388. The number of carbonyl (C=O) groups is 3. The molecule has 0 aliphatic carbocycles. The van der Waals surface area contributed by atoms with Crippen molar-refractivity contribution in [2.24, 2.45) is 0 Å². The van der Waals surface area contributed by atoms with Crippen molar-refractivity contribution in [1.29, 1.82) is 0 Å². The summed E-state index contributed by atoms with van der Waals surface area (Å²) in [7, 11) is 1.49. The van der Waals surface area contributed by atoms with Crippen molar-refractivity contribution in [3.05, 3.63) is 88.5 Å². The molecule has 1 N–H and O–H groups in total. The fourth-order valence-electron chi connectivity index (χ4n) is 3.60. The molecule has 184 valence electrons. The molecular formula is C27H23ClN2O6. The second kappa shape index (κ2) is 11.0. The number of carbonyl (C=O) groups excluding carboxylic acids is 3. The van der Waals surface area contributed by atoms with E-state index in [2.05, 4.69) is 5.32 Å². The molecule has 1 aliphatic rings. The highest BCUT2D eigenvalue weighted by atomic mass is 35.5. The molecule has 3 aromatic carbocycles. The van der Waals surface area contributed by atoms with Crippen LogP contribution in [0, 0.1) is 0 Å². The van der Waals surface area contributed by atoms with Gasteiger partial charge in [0.1, 0.15) is 17.9 Å². The van der Waals surface area contributed by atoms with E-state index in [1.165, 1.54) is 13.2 Å². The molecule has 1 aliphatic heterocycles. The number of benzene rings is 3. The van der Waals surface area contributed by atoms with Crippen molar-refractivity contribution in [1.82, 2.24) is 5.32 Å². The van der Waals surface area contributed by atoms with Gasteiger partial charge in [0, 0.05) is 5.02 Å². The number of anilines is 1. The van der Waals surface area contributed by atoms with E-state index in [-0.39, 0.29) is 12.2 Å². The van der Waals surface area contributed by atoms with Gasteiger partial charge < -0.3 is 14.2 Å². The third kappa shape index (κ3) is 5.50. The van der Waals surface area contributed by atoms with Crippen molar-refractivity contribution in [3.63, 3.8) is 0 Å². The molecule has 8 nitrogen and oxygen atoms in total. The lowest BCUT2D eigenvalue weighted by Gasteiger charge is -2.26. The van der Waals surface area contributed by atoms with E-state index in [0.717, 1.165) is 10.5 Å². The zero-order valence-electron chi connectivity index (χ0n) is 19.6. The fraction of sp³-hybridized carbons (Fsp3) is 0.148. The van der Waals surface area contributed by atoms with Gasteiger partial charge >= 0.3 is 6.03 Å². The second-order valence-electron chi connectivity index (χ2n) is 7.71. The number of methoxy groups -OCH3 is 1. The first-order valence-electron chi connectivity index (χ1n) is 11.1. The number of imide groups is 2. The van der Waals surface area contributed by atoms with Gasteiger partial charge in [0.15, 0.2) is 11.5 Å². The number of nitrogens with zero attached hydrogens (tertiary/aromatic N) is 1. The number of amides is 4. The van der Waals surface area contributed by atoms with E-state index < -0.39 is 17.8 Å². The first-order chi connectivity index (χ1) is 17.4. The monoisotopic (exact) mass is 506 g/mol. The zero-order valence-corrected chi connectivity index (χ0v) is 20.4. The average molecular weight is 507 g/mol. The topological polar surface area (TPSA) is 94.2 Å². The summed E-state index contributed by atoms with van der Waals surface area (Å²) in [4.78, 5) is 39.0. The summed E-state index contributed by atoms with van der Waals surface area (Å²) >= 11 is 6.02. The van der Waals surface area contributed by atoms with Crippen molar-refractivity contribution in [2.45, 2.75) is 13.5 Å². The molecular weight excluding hydrogens is 484 g/mol. The standard InChI is InChI=1S/C27H23ClN2O6/c1-3-35-21-10-8-20(9-11-21)30-26(32)22(25(31)29-27(30)33)14-17-7-12-23(24(15-17)34-2)36-16-18-5-4-6-19(28)13-18/h4-15H,3,16H2,1-2H3,(H,29,31,33)/b22-14+. The summed E-state index contributed by atoms with van der Waals surface area (Å²) in [6.07, 6.45) is 1.40. The van der Waals surface area contributed by atoms with Crippen LogP contribution in [0.3, 0.4) is 0 Å². The van der Waals surface area contributed by atoms with Crippen molar-refractivity contribution in [3.8, 4) is 17.2 Å². The van der Waals surface area contributed by atoms with Gasteiger partial charge in [-0.3, -0.25) is 14.9 Å². The van der Waals surface area contributed by atoms with E-state index in [1.807, 2.05) is 19.1 Å². The number of rotatable bonds is 8. The predicted molar refractivity (Wildman–Crippen MR) is 135 cm³/mol. The summed E-state index contributed by atoms with van der Waals surface area (Å²) in [5, 5.41) is 2.82. The summed E-state index contributed by atoms with van der Waals surface area (Å²) in [5.41, 5.74) is 1.51. The average Bonchev–Trinajstić information content (AvgIpc) is 2.86. The quantitative estimate of drug-likeness (QED) is 0.341. The van der Waals surface area contributed by atoms with Crippen LogP contribution in [0.15, 0.2) is 72.3 Å². The number of hydrogen-bond acceptors (Lipinski definition) is 6. The Kier molecular flexibility index (Phi) is 7.56. The molecule has 1 fully saturated rings. The van der Waals surface area contributed by atoms with Crippen LogP contribution in [0.5, 0.6) is 17.2 Å². The van der Waals surface area contributed by atoms with Crippen molar-refractivity contribution < 1.29 is 28.6 Å². The van der Waals surface area contributed by atoms with Crippen LogP contribution in [0.2, 0.25) is 5.02 Å². The van der Waals surface area contributed by atoms with Gasteiger partial charge in [-0.2, -0.15) is 0 Å². The summed E-state index contributed by atoms with van der Waals surface area (Å²) < 4.78 is 16.7. The van der Waals surface area contributed by atoms with Crippen molar-refractivity contribution >= 4 is 41.2 Å². The number of hydrogen-bond donors (Lipinski definition) is 1. The fourth-order valence-corrected chi connectivity index (χ4v) is 3.81. The Morgan fingerprint density at radius 2 is 1.72 bits per heavy atom. The number of barbiturate groups is 1. The number of ether oxygens (including phenoxy) is 3. The maximum absolute atomic E-state index is 13.1. The lowest BCUT2D eigenvalue weighted by atomic mass is 10.1. The third-order valence-corrected chi connectivity index (χ3v) is 5.52. The van der Waals surface area contributed by atoms with Gasteiger partial charge in [0.2, 0.25) is 0 Å². The zero-order chi connectivity index (χ0) is 25.7. The highest BCUT2D eigenvalue weighted by Gasteiger charge is 2.36. The van der Waals surface area contributed by atoms with Gasteiger partial charge in [-0.25, -0.2) is 9.69 Å². The Labute approximate surface area is 213 Å². The lowest BCUT2D eigenvalue weighted by molar-refractivity contribution is -0.122. The first-order valence-corrected chi connectivity index (χ1v) is 11.5. The Bertz CT molecular complexity index is 1340. The van der Waals surface area contributed by atoms with Crippen LogP contribution in [0.25, 0.3) is 6.08 Å². The number of urea groups is 1. The maximum atomic E-state index is 13.1. The van der Waals surface area contributed by atoms with Crippen LogP contribution in [-0.4, -0.2) is 31.6 Å². The van der Waals surface area contributed by atoms with Gasteiger partial charge in [0.25, 0.3) is 11.8 Å². The molecule has 1 saturated heterocycles. The molecule has 0 radical (unpaired) electrons. The predicted octanol–water partition coefficient (Wildman–Crippen LogP) is 4.99. The summed E-state index contributed by atoms with van der Waals surface area (Å²) in [6, 6.07) is 17.9. The molecule has 9 heteroatoms. The molecule has 0 bridgehead atoms. The Morgan fingerprint density at radius 1 is 0.944 bits per heavy atom. The molecule has 3 aromatic rings. The second-order valence-corrected chi connectivity index (χ2v) is 8.15. The third-order valence-electron chi connectivity index (χ3n) is 5.29.